The summed E-state index contributed by atoms with van der Waals surface area (Å²) < 4.78 is 0. The zero-order valence-electron chi connectivity index (χ0n) is 10.4. The lowest BCUT2D eigenvalue weighted by Gasteiger charge is -2.20. The number of aliphatic hydroxyl groups excluding tert-OH is 1. The topological polar surface area (TPSA) is 69.2 Å². The monoisotopic (exact) mass is 279 g/mol. The van der Waals surface area contributed by atoms with Crippen LogP contribution in [0.15, 0.2) is 36.7 Å². The van der Waals surface area contributed by atoms with Gasteiger partial charge in [0, 0.05) is 24.5 Å². The van der Waals surface area contributed by atoms with E-state index in [4.69, 9.17) is 11.6 Å². The third kappa shape index (κ3) is 3.33. The molecule has 0 bridgehead atoms. The number of hydrogen-bond acceptors (Lipinski definition) is 3. The van der Waals surface area contributed by atoms with Crippen LogP contribution in [0.1, 0.15) is 17.5 Å². The predicted octanol–water partition coefficient (Wildman–Crippen LogP) is 1.76. The average molecular weight is 280 g/mol. The number of benzene rings is 1. The summed E-state index contributed by atoms with van der Waals surface area (Å²) in [7, 11) is 1.61. The number of carbonyl (C=O) groups is 1. The number of aliphatic hydroxyl groups is 1. The molecule has 2 aromatic rings. The number of aromatic nitrogens is 2. The maximum atomic E-state index is 12.1. The van der Waals surface area contributed by atoms with Crippen molar-refractivity contribution in [3.05, 3.63) is 53.1 Å². The Balaban J connectivity index is 2.06. The summed E-state index contributed by atoms with van der Waals surface area (Å²) in [5, 5.41) is 10.5. The molecular formula is C13H14ClN3O2. The zero-order valence-corrected chi connectivity index (χ0v) is 11.1. The first-order valence-electron chi connectivity index (χ1n) is 5.74. The van der Waals surface area contributed by atoms with Gasteiger partial charge in [0.25, 0.3) is 5.91 Å². The molecule has 0 saturated heterocycles. The number of carbonyl (C=O) groups excluding carboxylic acids is 1. The molecule has 2 N–H and O–H groups in total. The van der Waals surface area contributed by atoms with Gasteiger partial charge in [-0.05, 0) is 17.7 Å². The number of aromatic amines is 1. The number of nitrogens with one attached hydrogen (secondary N) is 1. The number of nitrogens with zero attached hydrogens (tertiary/aromatic N) is 2. The average Bonchev–Trinajstić information content (AvgIpc) is 2.89. The van der Waals surface area contributed by atoms with Gasteiger partial charge in [-0.2, -0.15) is 0 Å². The van der Waals surface area contributed by atoms with E-state index in [1.807, 2.05) is 0 Å². The van der Waals surface area contributed by atoms with Crippen molar-refractivity contribution in [2.75, 3.05) is 7.05 Å². The largest absolute Gasteiger partial charge is 0.378 e. The Morgan fingerprint density at radius 1 is 1.58 bits per heavy atom. The van der Waals surface area contributed by atoms with Crippen molar-refractivity contribution in [3.8, 4) is 0 Å². The molecule has 0 aliphatic carbocycles. The number of hydrogen-bond donors (Lipinski definition) is 2. The maximum Gasteiger partial charge on any atom is 0.256 e. The van der Waals surface area contributed by atoms with Crippen LogP contribution in [0.4, 0.5) is 0 Å². The van der Waals surface area contributed by atoms with Crippen LogP contribution >= 0.6 is 11.6 Å². The standard InChI is InChI=1S/C13H14ClN3O2/c1-17(8-11-15-5-6-16-11)13(19)12(18)9-3-2-4-10(14)7-9/h2-7,12,18H,8H2,1H3,(H,15,16)/t12-/m0/s1. The minimum atomic E-state index is -1.22. The lowest BCUT2D eigenvalue weighted by molar-refractivity contribution is -0.139. The molecule has 0 aliphatic rings. The lowest BCUT2D eigenvalue weighted by Crippen LogP contribution is -2.31. The highest BCUT2D eigenvalue weighted by atomic mass is 35.5. The molecule has 0 spiro atoms. The van der Waals surface area contributed by atoms with Crippen molar-refractivity contribution >= 4 is 17.5 Å². The Morgan fingerprint density at radius 3 is 3.00 bits per heavy atom. The fourth-order valence-corrected chi connectivity index (χ4v) is 1.91. The molecule has 1 aromatic carbocycles. The summed E-state index contributed by atoms with van der Waals surface area (Å²) in [4.78, 5) is 20.4. The van der Waals surface area contributed by atoms with Gasteiger partial charge in [0.05, 0.1) is 6.54 Å². The summed E-state index contributed by atoms with van der Waals surface area (Å²) in [6, 6.07) is 6.62. The van der Waals surface area contributed by atoms with Gasteiger partial charge in [-0.25, -0.2) is 4.98 Å². The van der Waals surface area contributed by atoms with Crippen LogP contribution in [0, 0.1) is 0 Å². The van der Waals surface area contributed by atoms with Gasteiger partial charge in [0.1, 0.15) is 5.82 Å². The highest BCUT2D eigenvalue weighted by Gasteiger charge is 2.21. The number of likely N-dealkylation sites (N-methyl/N-ethyl adjacent to an activating group) is 1. The second kappa shape index (κ2) is 5.86. The smallest absolute Gasteiger partial charge is 0.256 e. The quantitative estimate of drug-likeness (QED) is 0.896. The summed E-state index contributed by atoms with van der Waals surface area (Å²) in [6.45, 7) is 0.309. The van der Waals surface area contributed by atoms with Crippen LogP contribution in [0.2, 0.25) is 5.02 Å². The number of rotatable bonds is 4. The van der Waals surface area contributed by atoms with Gasteiger partial charge >= 0.3 is 0 Å². The van der Waals surface area contributed by atoms with E-state index in [-0.39, 0.29) is 0 Å². The molecule has 0 saturated carbocycles. The normalized spacial score (nSPS) is 12.2. The Labute approximate surface area is 115 Å². The van der Waals surface area contributed by atoms with Crippen LogP contribution in [0.25, 0.3) is 0 Å². The highest BCUT2D eigenvalue weighted by Crippen LogP contribution is 2.19. The molecule has 6 heteroatoms. The molecule has 1 aromatic heterocycles. The van der Waals surface area contributed by atoms with Crippen LogP contribution in [0.3, 0.4) is 0 Å². The molecule has 0 radical (unpaired) electrons. The zero-order chi connectivity index (χ0) is 13.8. The first-order valence-corrected chi connectivity index (χ1v) is 6.12. The highest BCUT2D eigenvalue weighted by molar-refractivity contribution is 6.30. The van der Waals surface area contributed by atoms with E-state index in [0.717, 1.165) is 0 Å². The van der Waals surface area contributed by atoms with Crippen molar-refractivity contribution in [2.45, 2.75) is 12.6 Å². The molecule has 1 amide bonds. The molecule has 100 valence electrons. The Bertz CT molecular complexity index is 557. The number of H-pyrrole nitrogens is 1. The van der Waals surface area contributed by atoms with E-state index in [1.54, 1.807) is 43.7 Å². The Morgan fingerprint density at radius 2 is 2.37 bits per heavy atom. The maximum absolute atomic E-state index is 12.1. The van der Waals surface area contributed by atoms with E-state index in [1.165, 1.54) is 4.90 Å². The number of imidazole rings is 1. The van der Waals surface area contributed by atoms with E-state index >= 15 is 0 Å². The Hall–Kier alpha value is -1.85. The van der Waals surface area contributed by atoms with Crippen molar-refractivity contribution in [3.63, 3.8) is 0 Å². The van der Waals surface area contributed by atoms with Crippen molar-refractivity contribution in [2.24, 2.45) is 0 Å². The summed E-state index contributed by atoms with van der Waals surface area (Å²) >= 11 is 5.84. The summed E-state index contributed by atoms with van der Waals surface area (Å²) in [5.41, 5.74) is 0.476. The molecule has 2 rings (SSSR count). The van der Waals surface area contributed by atoms with Crippen molar-refractivity contribution in [1.29, 1.82) is 0 Å². The lowest BCUT2D eigenvalue weighted by atomic mass is 10.1. The van der Waals surface area contributed by atoms with Crippen molar-refractivity contribution in [1.82, 2.24) is 14.9 Å². The van der Waals surface area contributed by atoms with Gasteiger partial charge in [0.15, 0.2) is 6.10 Å². The van der Waals surface area contributed by atoms with Gasteiger partial charge in [-0.15, -0.1) is 0 Å². The van der Waals surface area contributed by atoms with Gasteiger partial charge in [-0.1, -0.05) is 23.7 Å². The van der Waals surface area contributed by atoms with Crippen LogP contribution < -0.4 is 0 Å². The minimum Gasteiger partial charge on any atom is -0.378 e. The minimum absolute atomic E-state index is 0.309. The molecule has 1 atom stereocenters. The summed E-state index contributed by atoms with van der Waals surface area (Å²) in [5.74, 6) is 0.257. The van der Waals surface area contributed by atoms with Crippen molar-refractivity contribution < 1.29 is 9.90 Å². The molecular weight excluding hydrogens is 266 g/mol. The van der Waals surface area contributed by atoms with Crippen LogP contribution in [0.5, 0.6) is 0 Å². The SMILES string of the molecule is CN(Cc1ncc[nH]1)C(=O)[C@@H](O)c1cccc(Cl)c1. The summed E-state index contributed by atoms with van der Waals surface area (Å²) in [6.07, 6.45) is 2.07. The molecule has 19 heavy (non-hydrogen) atoms. The van der Waals surface area contributed by atoms with E-state index in [9.17, 15) is 9.90 Å². The van der Waals surface area contributed by atoms with E-state index in [0.29, 0.717) is 23.0 Å². The first-order chi connectivity index (χ1) is 9.08. The number of halogens is 1. The predicted molar refractivity (Wildman–Crippen MR) is 71.5 cm³/mol. The molecule has 1 heterocycles. The fraction of sp³-hybridized carbons (Fsp3) is 0.231. The molecule has 5 nitrogen and oxygen atoms in total. The van der Waals surface area contributed by atoms with Gasteiger partial charge in [-0.3, -0.25) is 4.79 Å². The second-order valence-corrected chi connectivity index (χ2v) is 4.62. The second-order valence-electron chi connectivity index (χ2n) is 4.19. The van der Waals surface area contributed by atoms with E-state index < -0.39 is 12.0 Å². The molecule has 0 unspecified atom stereocenters. The van der Waals surface area contributed by atoms with Gasteiger partial charge < -0.3 is 15.0 Å². The van der Waals surface area contributed by atoms with Crippen LogP contribution in [-0.2, 0) is 11.3 Å². The van der Waals surface area contributed by atoms with Gasteiger partial charge in [0.2, 0.25) is 0 Å². The number of amides is 1. The van der Waals surface area contributed by atoms with Crippen LogP contribution in [-0.4, -0.2) is 32.9 Å². The third-order valence-corrected chi connectivity index (χ3v) is 2.95. The first kappa shape index (κ1) is 13.6. The molecule has 0 fully saturated rings. The fourth-order valence-electron chi connectivity index (χ4n) is 1.72. The van der Waals surface area contributed by atoms with E-state index in [2.05, 4.69) is 9.97 Å². The Kier molecular flexibility index (Phi) is 4.19. The molecule has 0 aliphatic heterocycles. The third-order valence-electron chi connectivity index (χ3n) is 2.72.